The van der Waals surface area contributed by atoms with Crippen LogP contribution in [0, 0.1) is 11.8 Å². The molecule has 1 aliphatic heterocycles. The average Bonchev–Trinajstić information content (AvgIpc) is 3.10. The molecule has 0 radical (unpaired) electrons. The molecule has 1 saturated heterocycles. The Morgan fingerprint density at radius 3 is 2.67 bits per heavy atom. The molecule has 0 aromatic carbocycles. The fraction of sp³-hybridized carbons (Fsp3) is 0.375. The van der Waals surface area contributed by atoms with Crippen LogP contribution in [0.15, 0.2) is 24.5 Å². The summed E-state index contributed by atoms with van der Waals surface area (Å²) in [7, 11) is 0. The van der Waals surface area contributed by atoms with Crippen LogP contribution in [0.3, 0.4) is 0 Å². The Morgan fingerprint density at radius 1 is 1.22 bits per heavy atom. The van der Waals surface area contributed by atoms with E-state index in [1.54, 1.807) is 0 Å². The van der Waals surface area contributed by atoms with Crippen LogP contribution in [0.2, 0.25) is 0 Å². The molecule has 2 aromatic heterocycles. The zero-order valence-electron chi connectivity index (χ0n) is 13.8. The summed E-state index contributed by atoms with van der Waals surface area (Å²) in [4.78, 5) is 24.8. The van der Waals surface area contributed by atoms with Gasteiger partial charge in [-0.3, -0.25) is 4.79 Å². The fourth-order valence-corrected chi connectivity index (χ4v) is 2.80. The number of hydrogen-bond donors (Lipinski definition) is 1. The lowest BCUT2D eigenvalue weighted by atomic mass is 10.2. The van der Waals surface area contributed by atoms with Gasteiger partial charge in [-0.15, -0.1) is 0 Å². The molecule has 27 heavy (non-hydrogen) atoms. The second-order valence-electron chi connectivity index (χ2n) is 5.92. The minimum Gasteiger partial charge on any atom is -0.345 e. The first-order valence-corrected chi connectivity index (χ1v) is 8.00. The first-order valence-electron chi connectivity index (χ1n) is 8.00. The number of aromatic nitrogens is 3. The van der Waals surface area contributed by atoms with Gasteiger partial charge >= 0.3 is 6.18 Å². The number of nitrogens with zero attached hydrogens (tertiary/aromatic N) is 4. The number of rotatable bonds is 4. The number of anilines is 1. The zero-order chi connectivity index (χ0) is 19.6. The van der Waals surface area contributed by atoms with Gasteiger partial charge in [-0.1, -0.05) is 0 Å². The lowest BCUT2D eigenvalue weighted by Gasteiger charge is -2.25. The van der Waals surface area contributed by atoms with Gasteiger partial charge in [0, 0.05) is 18.3 Å². The third-order valence-corrected chi connectivity index (χ3v) is 4.00. The third-order valence-electron chi connectivity index (χ3n) is 4.00. The molecule has 1 fully saturated rings. The highest BCUT2D eigenvalue weighted by atomic mass is 19.4. The molecule has 1 amide bonds. The van der Waals surface area contributed by atoms with Gasteiger partial charge in [-0.2, -0.15) is 17.6 Å². The van der Waals surface area contributed by atoms with Gasteiger partial charge in [0.25, 0.3) is 0 Å². The van der Waals surface area contributed by atoms with Crippen molar-refractivity contribution in [3.8, 4) is 11.4 Å². The van der Waals surface area contributed by atoms with Crippen LogP contribution in [0.1, 0.15) is 12.8 Å². The van der Waals surface area contributed by atoms with Gasteiger partial charge in [-0.05, 0) is 25.0 Å². The minimum absolute atomic E-state index is 0.0558. The summed E-state index contributed by atoms with van der Waals surface area (Å²) in [6.45, 7) is -1.21. The molecule has 3 rings (SSSR count). The van der Waals surface area contributed by atoms with Crippen LogP contribution in [0.25, 0.3) is 11.4 Å². The van der Waals surface area contributed by atoms with E-state index >= 15 is 0 Å². The van der Waals surface area contributed by atoms with Crippen LogP contribution in [0.4, 0.5) is 27.8 Å². The fourth-order valence-electron chi connectivity index (χ4n) is 2.80. The summed E-state index contributed by atoms with van der Waals surface area (Å²) in [5.74, 6) is -2.52. The van der Waals surface area contributed by atoms with Crippen LogP contribution >= 0.6 is 0 Å². The Morgan fingerprint density at radius 2 is 2.00 bits per heavy atom. The monoisotopic (exact) mass is 387 g/mol. The molecule has 1 N–H and O–H groups in total. The normalized spacial score (nSPS) is 17.2. The molecule has 0 bridgehead atoms. The van der Waals surface area contributed by atoms with Crippen molar-refractivity contribution in [2.24, 2.45) is 0 Å². The number of hydrogen-bond acceptors (Lipinski definition) is 5. The van der Waals surface area contributed by atoms with Crippen LogP contribution < -0.4 is 10.2 Å². The predicted molar refractivity (Wildman–Crippen MR) is 84.6 cm³/mol. The number of alkyl halides is 3. The van der Waals surface area contributed by atoms with Crippen molar-refractivity contribution in [1.82, 2.24) is 20.3 Å². The minimum atomic E-state index is -4.54. The Hall–Kier alpha value is -2.85. The molecule has 3 heterocycles. The maximum atomic E-state index is 14.3. The molecule has 0 spiro atoms. The standard InChI is InChI=1S/C16H14F5N5O/c17-10-7-23-13(9-3-4-12(18)22-6-9)25-14(10)26-5-1-2-11(26)15(27)24-8-16(19,20)21/h3-4,6-7,11H,1-2,5,8H2,(H,24,27)/t11-/m0/s1. The van der Waals surface area contributed by atoms with Gasteiger partial charge in [0.05, 0.1) is 6.20 Å². The van der Waals surface area contributed by atoms with E-state index in [2.05, 4.69) is 15.0 Å². The number of carbonyl (C=O) groups is 1. The molecule has 0 unspecified atom stereocenters. The summed E-state index contributed by atoms with van der Waals surface area (Å²) < 4.78 is 64.1. The lowest BCUT2D eigenvalue weighted by Crippen LogP contribution is -2.46. The predicted octanol–water partition coefficient (Wildman–Crippen LogP) is 2.46. The van der Waals surface area contributed by atoms with Crippen LogP contribution in [0.5, 0.6) is 0 Å². The van der Waals surface area contributed by atoms with Crippen molar-refractivity contribution in [3.05, 3.63) is 36.3 Å². The van der Waals surface area contributed by atoms with Crippen molar-refractivity contribution < 1.29 is 26.7 Å². The topological polar surface area (TPSA) is 71.0 Å². The SMILES string of the molecule is O=C(NCC(F)(F)F)[C@@H]1CCCN1c1nc(-c2ccc(F)nc2)ncc1F. The summed E-state index contributed by atoms with van der Waals surface area (Å²) in [5.41, 5.74) is 0.329. The molecule has 0 saturated carbocycles. The van der Waals surface area contributed by atoms with E-state index in [1.807, 2.05) is 5.32 Å². The second-order valence-corrected chi connectivity index (χ2v) is 5.92. The van der Waals surface area contributed by atoms with Crippen molar-refractivity contribution in [1.29, 1.82) is 0 Å². The molecule has 1 aliphatic rings. The van der Waals surface area contributed by atoms with E-state index < -0.39 is 36.4 Å². The Bertz CT molecular complexity index is 827. The van der Waals surface area contributed by atoms with Gasteiger partial charge < -0.3 is 10.2 Å². The van der Waals surface area contributed by atoms with Gasteiger partial charge in [-0.25, -0.2) is 19.3 Å². The largest absolute Gasteiger partial charge is 0.405 e. The Labute approximate surface area is 150 Å². The quantitative estimate of drug-likeness (QED) is 0.645. The Balaban J connectivity index is 1.84. The van der Waals surface area contributed by atoms with Crippen LogP contribution in [-0.2, 0) is 4.79 Å². The smallest absolute Gasteiger partial charge is 0.345 e. The molecule has 1 atom stereocenters. The van der Waals surface area contributed by atoms with Gasteiger partial charge in [0.1, 0.15) is 12.6 Å². The van der Waals surface area contributed by atoms with E-state index in [0.29, 0.717) is 12.0 Å². The molecule has 144 valence electrons. The second kappa shape index (κ2) is 7.41. The van der Waals surface area contributed by atoms with E-state index in [9.17, 15) is 26.7 Å². The number of nitrogens with one attached hydrogen (secondary N) is 1. The van der Waals surface area contributed by atoms with Crippen molar-refractivity contribution in [2.45, 2.75) is 25.1 Å². The Kier molecular flexibility index (Phi) is 5.19. The zero-order valence-corrected chi connectivity index (χ0v) is 13.8. The molecule has 2 aromatic rings. The maximum absolute atomic E-state index is 14.3. The lowest BCUT2D eigenvalue weighted by molar-refractivity contribution is -0.139. The summed E-state index contributed by atoms with van der Waals surface area (Å²) in [6, 6.07) is 1.47. The molecular formula is C16H14F5N5O. The highest BCUT2D eigenvalue weighted by molar-refractivity contribution is 5.85. The first kappa shape index (κ1) is 18.9. The van der Waals surface area contributed by atoms with E-state index in [-0.39, 0.29) is 24.6 Å². The van der Waals surface area contributed by atoms with E-state index in [0.717, 1.165) is 12.3 Å². The van der Waals surface area contributed by atoms with Crippen LogP contribution in [-0.4, -0.2) is 46.2 Å². The first-order chi connectivity index (χ1) is 12.7. The number of halogens is 5. The summed E-state index contributed by atoms with van der Waals surface area (Å²) >= 11 is 0. The highest BCUT2D eigenvalue weighted by Crippen LogP contribution is 2.28. The van der Waals surface area contributed by atoms with Crippen molar-refractivity contribution >= 4 is 11.7 Å². The van der Waals surface area contributed by atoms with E-state index in [1.165, 1.54) is 17.2 Å². The number of amides is 1. The van der Waals surface area contributed by atoms with Gasteiger partial charge in [0.2, 0.25) is 11.9 Å². The number of carbonyl (C=O) groups excluding carboxylic acids is 1. The summed E-state index contributed by atoms with van der Waals surface area (Å²) in [6.07, 6.45) is -1.72. The van der Waals surface area contributed by atoms with Gasteiger partial charge in [0.15, 0.2) is 17.5 Å². The average molecular weight is 387 g/mol. The molecular weight excluding hydrogens is 373 g/mol. The molecule has 6 nitrogen and oxygen atoms in total. The third kappa shape index (κ3) is 4.47. The highest BCUT2D eigenvalue weighted by Gasteiger charge is 2.36. The molecule has 0 aliphatic carbocycles. The maximum Gasteiger partial charge on any atom is 0.405 e. The van der Waals surface area contributed by atoms with E-state index in [4.69, 9.17) is 0 Å². The molecule has 11 heteroatoms. The summed E-state index contributed by atoms with van der Waals surface area (Å²) in [5, 5.41) is 1.81. The van der Waals surface area contributed by atoms with Crippen molar-refractivity contribution in [3.63, 3.8) is 0 Å². The van der Waals surface area contributed by atoms with Crippen molar-refractivity contribution in [2.75, 3.05) is 18.0 Å². The number of pyridine rings is 1.